The maximum atomic E-state index is 13.5. The van der Waals surface area contributed by atoms with Gasteiger partial charge in [-0.1, -0.05) is 39.0 Å². The minimum Gasteiger partial charge on any atom is -0.170 e. The van der Waals surface area contributed by atoms with E-state index in [1.54, 1.807) is 0 Å². The van der Waals surface area contributed by atoms with E-state index in [1.165, 1.54) is 20.8 Å². The van der Waals surface area contributed by atoms with Crippen molar-refractivity contribution in [1.82, 2.24) is 0 Å². The lowest BCUT2D eigenvalue weighted by molar-refractivity contribution is -0.298. The van der Waals surface area contributed by atoms with Crippen LogP contribution in [0.1, 0.15) is 57.7 Å². The predicted molar refractivity (Wildman–Crippen MR) is 88.7 cm³/mol. The fourth-order valence-electron chi connectivity index (χ4n) is 2.78. The smallest absolute Gasteiger partial charge is 0.170 e. The Kier molecular flexibility index (Phi) is 6.60. The van der Waals surface area contributed by atoms with Crippen LogP contribution in [0.2, 0.25) is 0 Å². The first kappa shape index (κ1) is 27.4. The van der Waals surface area contributed by atoms with Gasteiger partial charge in [-0.15, -0.1) is 0 Å². The van der Waals surface area contributed by atoms with Crippen molar-refractivity contribution < 1.29 is 52.7 Å². The van der Waals surface area contributed by atoms with Crippen molar-refractivity contribution >= 4 is 0 Å². The highest BCUT2D eigenvalue weighted by Gasteiger charge is 2.71. The van der Waals surface area contributed by atoms with Crippen LogP contribution in [0.5, 0.6) is 0 Å². The molecule has 0 N–H and O–H groups in total. The molecule has 0 heterocycles. The Morgan fingerprint density at radius 3 is 0.903 bits per heavy atom. The van der Waals surface area contributed by atoms with Gasteiger partial charge in [-0.25, -0.2) is 0 Å². The summed E-state index contributed by atoms with van der Waals surface area (Å²) in [6.45, 7) is 3.38. The third kappa shape index (κ3) is 4.35. The highest BCUT2D eigenvalue weighted by atomic mass is 19.4. The highest BCUT2D eigenvalue weighted by Crippen LogP contribution is 2.56. The van der Waals surface area contributed by atoms with Crippen molar-refractivity contribution in [2.24, 2.45) is 0 Å². The first-order chi connectivity index (χ1) is 13.4. The van der Waals surface area contributed by atoms with Gasteiger partial charge >= 0.3 is 24.7 Å². The van der Waals surface area contributed by atoms with Gasteiger partial charge in [-0.05, 0) is 42.4 Å². The molecule has 1 rings (SSSR count). The maximum absolute atomic E-state index is 13.5. The van der Waals surface area contributed by atoms with Crippen molar-refractivity contribution in [3.8, 4) is 0 Å². The van der Waals surface area contributed by atoms with Crippen LogP contribution < -0.4 is 0 Å². The van der Waals surface area contributed by atoms with Gasteiger partial charge in [-0.3, -0.25) is 0 Å². The van der Waals surface area contributed by atoms with Crippen LogP contribution in [0.25, 0.3) is 0 Å². The monoisotopic (exact) mass is 476 g/mol. The Morgan fingerprint density at radius 2 is 0.710 bits per heavy atom. The summed E-state index contributed by atoms with van der Waals surface area (Å²) in [6.07, 6.45) is -24.2. The normalized spacial score (nSPS) is 15.4. The number of rotatable bonds is 4. The molecule has 0 aromatic heterocycles. The van der Waals surface area contributed by atoms with Crippen molar-refractivity contribution in [2.45, 2.75) is 82.0 Å². The van der Waals surface area contributed by atoms with E-state index in [-0.39, 0.29) is 26.3 Å². The van der Waals surface area contributed by atoms with Gasteiger partial charge in [0.1, 0.15) is 0 Å². The first-order valence-corrected chi connectivity index (χ1v) is 8.81. The van der Waals surface area contributed by atoms with E-state index in [1.807, 2.05) is 0 Å². The Labute approximate surface area is 170 Å². The van der Waals surface area contributed by atoms with Crippen molar-refractivity contribution in [3.63, 3.8) is 0 Å². The van der Waals surface area contributed by atoms with E-state index in [2.05, 4.69) is 0 Å². The summed E-state index contributed by atoms with van der Waals surface area (Å²) in [5.74, 6) is 0. The number of benzene rings is 1. The molecule has 0 saturated carbocycles. The molecule has 0 saturated heterocycles. The van der Waals surface area contributed by atoms with Crippen molar-refractivity contribution in [1.29, 1.82) is 0 Å². The van der Waals surface area contributed by atoms with Crippen LogP contribution in [0.15, 0.2) is 18.2 Å². The molecule has 0 aliphatic rings. The highest BCUT2D eigenvalue weighted by molar-refractivity contribution is 5.44. The molecular formula is C19H20F12. The maximum Gasteiger partial charge on any atom is 0.406 e. The molecule has 0 spiro atoms. The van der Waals surface area contributed by atoms with E-state index in [0.29, 0.717) is 12.1 Å². The quantitative estimate of drug-likeness (QED) is 0.385. The fraction of sp³-hybridized carbons (Fsp3) is 0.684. The molecule has 0 radical (unpaired) electrons. The van der Waals surface area contributed by atoms with Gasteiger partial charge in [0.25, 0.3) is 0 Å². The summed E-state index contributed by atoms with van der Waals surface area (Å²) in [7, 11) is 0. The van der Waals surface area contributed by atoms with Gasteiger partial charge in [0, 0.05) is 0 Å². The third-order valence-corrected chi connectivity index (χ3v) is 6.02. The van der Waals surface area contributed by atoms with Crippen molar-refractivity contribution in [3.05, 3.63) is 34.9 Å². The van der Waals surface area contributed by atoms with E-state index < -0.39 is 57.6 Å². The average Bonchev–Trinajstić information content (AvgIpc) is 2.55. The molecule has 180 valence electrons. The Bertz CT molecular complexity index is 706. The molecule has 1 aromatic rings. The standard InChI is InChI=1S/C19H20F12/c1-6-13(2,3)10-7-11(14(4,16(20,21)22)17(23,24)25)9-12(8-10)15(5,18(26,27)28)19(29,30)31/h7-9H,6H2,1-5H3. The minimum atomic E-state index is -6.05. The van der Waals surface area contributed by atoms with Crippen LogP contribution >= 0.6 is 0 Å². The second kappa shape index (κ2) is 7.47. The molecule has 0 bridgehead atoms. The second-order valence-corrected chi connectivity index (χ2v) is 8.28. The SMILES string of the molecule is CCC(C)(C)c1cc(C(C)(C(F)(F)F)C(F)(F)F)cc(C(C)(C(F)(F)F)C(F)(F)F)c1. The van der Waals surface area contributed by atoms with E-state index in [9.17, 15) is 52.7 Å². The number of halogens is 12. The zero-order valence-corrected chi connectivity index (χ0v) is 17.0. The van der Waals surface area contributed by atoms with E-state index >= 15 is 0 Å². The number of hydrogen-bond acceptors (Lipinski definition) is 0. The van der Waals surface area contributed by atoms with Gasteiger partial charge in [0.2, 0.25) is 0 Å². The Hall–Kier alpha value is -1.62. The molecule has 0 amide bonds. The van der Waals surface area contributed by atoms with Crippen LogP contribution in [0, 0.1) is 0 Å². The lowest BCUT2D eigenvalue weighted by Crippen LogP contribution is -2.53. The summed E-state index contributed by atoms with van der Waals surface area (Å²) in [5, 5.41) is 0. The minimum absolute atomic E-state index is 0.0133. The molecule has 0 atom stereocenters. The lowest BCUT2D eigenvalue weighted by atomic mass is 9.71. The zero-order valence-electron chi connectivity index (χ0n) is 17.0. The van der Waals surface area contributed by atoms with Gasteiger partial charge in [0.05, 0.1) is 0 Å². The molecule has 0 nitrogen and oxygen atoms in total. The Morgan fingerprint density at radius 1 is 0.484 bits per heavy atom. The average molecular weight is 476 g/mol. The summed E-state index contributed by atoms with van der Waals surface area (Å²) in [5.41, 5.74) is -14.7. The van der Waals surface area contributed by atoms with Gasteiger partial charge in [-0.2, -0.15) is 52.7 Å². The van der Waals surface area contributed by atoms with Gasteiger partial charge in [0.15, 0.2) is 10.8 Å². The van der Waals surface area contributed by atoms with E-state index in [4.69, 9.17) is 0 Å². The van der Waals surface area contributed by atoms with Crippen LogP contribution in [0.4, 0.5) is 52.7 Å². The molecule has 1 aromatic carbocycles. The summed E-state index contributed by atoms with van der Waals surface area (Å²) in [6, 6.07) is 0.458. The predicted octanol–water partition coefficient (Wildman–Crippen LogP) is 8.14. The topological polar surface area (TPSA) is 0 Å². The second-order valence-electron chi connectivity index (χ2n) is 8.28. The van der Waals surface area contributed by atoms with Crippen LogP contribution in [-0.4, -0.2) is 24.7 Å². The molecule has 31 heavy (non-hydrogen) atoms. The molecule has 0 fully saturated rings. The Balaban J connectivity index is 4.23. The van der Waals surface area contributed by atoms with E-state index in [0.717, 1.165) is 0 Å². The largest absolute Gasteiger partial charge is 0.406 e. The van der Waals surface area contributed by atoms with Crippen molar-refractivity contribution in [2.75, 3.05) is 0 Å². The number of hydrogen-bond donors (Lipinski definition) is 0. The third-order valence-electron chi connectivity index (χ3n) is 6.02. The molecule has 0 unspecified atom stereocenters. The molecule has 0 aliphatic heterocycles. The molecule has 12 heteroatoms. The number of alkyl halides is 12. The van der Waals surface area contributed by atoms with Gasteiger partial charge < -0.3 is 0 Å². The first-order valence-electron chi connectivity index (χ1n) is 8.81. The van der Waals surface area contributed by atoms with Crippen LogP contribution in [0.3, 0.4) is 0 Å². The molecule has 0 aliphatic carbocycles. The summed E-state index contributed by atoms with van der Waals surface area (Å²) in [4.78, 5) is 0. The zero-order chi connectivity index (χ0) is 25.1. The summed E-state index contributed by atoms with van der Waals surface area (Å²) < 4.78 is 162. The molecular weight excluding hydrogens is 456 g/mol. The fourth-order valence-corrected chi connectivity index (χ4v) is 2.78. The summed E-state index contributed by atoms with van der Waals surface area (Å²) >= 11 is 0. The lowest BCUT2D eigenvalue weighted by Gasteiger charge is -2.39. The van der Waals surface area contributed by atoms with Crippen LogP contribution in [-0.2, 0) is 16.2 Å².